The van der Waals surface area contributed by atoms with Gasteiger partial charge >= 0.3 is 5.97 Å². The Balaban J connectivity index is 2.77. The van der Waals surface area contributed by atoms with Crippen LogP contribution in [0.5, 0.6) is 0 Å². The molecule has 0 aliphatic heterocycles. The molecule has 1 amide bonds. The summed E-state index contributed by atoms with van der Waals surface area (Å²) in [7, 11) is 1.44. The molecular formula is C11H13ClN2O4. The molecule has 0 aliphatic carbocycles. The molecule has 0 saturated carbocycles. The third-order valence-corrected chi connectivity index (χ3v) is 2.46. The average molecular weight is 273 g/mol. The Kier molecular flexibility index (Phi) is 5.08. The van der Waals surface area contributed by atoms with Gasteiger partial charge < -0.3 is 20.9 Å². The zero-order valence-electron chi connectivity index (χ0n) is 9.64. The Hall–Kier alpha value is -1.63. The second kappa shape index (κ2) is 6.34. The fraction of sp³-hybridized carbons (Fsp3) is 0.273. The predicted molar refractivity (Wildman–Crippen MR) is 66.9 cm³/mol. The summed E-state index contributed by atoms with van der Waals surface area (Å²) in [5.74, 6) is -1.56. The van der Waals surface area contributed by atoms with Crippen LogP contribution in [0.4, 0.5) is 5.69 Å². The Morgan fingerprint density at radius 1 is 1.56 bits per heavy atom. The molecule has 1 atom stereocenters. The molecule has 0 radical (unpaired) electrons. The minimum atomic E-state index is -1.13. The lowest BCUT2D eigenvalue weighted by Crippen LogP contribution is -2.39. The van der Waals surface area contributed by atoms with Gasteiger partial charge in [0.1, 0.15) is 6.04 Å². The van der Waals surface area contributed by atoms with Gasteiger partial charge in [-0.3, -0.25) is 4.79 Å². The van der Waals surface area contributed by atoms with E-state index in [1.807, 2.05) is 0 Å². The van der Waals surface area contributed by atoms with Crippen molar-refractivity contribution in [2.45, 2.75) is 6.04 Å². The number of carboxylic acids is 1. The molecule has 4 N–H and O–H groups in total. The lowest BCUT2D eigenvalue weighted by atomic mass is 10.2. The molecule has 1 aromatic carbocycles. The van der Waals surface area contributed by atoms with Crippen molar-refractivity contribution in [1.82, 2.24) is 0 Å². The van der Waals surface area contributed by atoms with Gasteiger partial charge in [0.2, 0.25) is 5.91 Å². The minimum Gasteiger partial charge on any atom is -0.478 e. The van der Waals surface area contributed by atoms with Gasteiger partial charge in [0, 0.05) is 12.8 Å². The number of carbonyl (C=O) groups excluding carboxylic acids is 1. The van der Waals surface area contributed by atoms with E-state index in [2.05, 4.69) is 5.32 Å². The molecule has 0 bridgehead atoms. The first kappa shape index (κ1) is 14.4. The second-order valence-electron chi connectivity index (χ2n) is 3.55. The van der Waals surface area contributed by atoms with Gasteiger partial charge in [-0.2, -0.15) is 0 Å². The van der Waals surface area contributed by atoms with E-state index in [9.17, 15) is 9.59 Å². The summed E-state index contributed by atoms with van der Waals surface area (Å²) in [4.78, 5) is 22.3. The molecule has 1 aromatic rings. The fourth-order valence-electron chi connectivity index (χ4n) is 1.26. The molecule has 0 fully saturated rings. The molecule has 1 unspecified atom stereocenters. The van der Waals surface area contributed by atoms with Crippen LogP contribution in [0.1, 0.15) is 10.4 Å². The van der Waals surface area contributed by atoms with Gasteiger partial charge in [0.25, 0.3) is 0 Å². The first-order chi connectivity index (χ1) is 8.45. The van der Waals surface area contributed by atoms with Gasteiger partial charge in [0.05, 0.1) is 17.2 Å². The van der Waals surface area contributed by atoms with Crippen molar-refractivity contribution in [1.29, 1.82) is 0 Å². The van der Waals surface area contributed by atoms with E-state index < -0.39 is 17.9 Å². The van der Waals surface area contributed by atoms with Gasteiger partial charge in [-0.1, -0.05) is 11.6 Å². The standard InChI is InChI=1S/C11H13ClN2O4/c1-18-5-9(13)10(15)14-6-2-3-7(11(16)17)8(12)4-6/h2-4,9H,5,13H2,1H3,(H,14,15)(H,16,17). The Morgan fingerprint density at radius 3 is 2.72 bits per heavy atom. The largest absolute Gasteiger partial charge is 0.478 e. The highest BCUT2D eigenvalue weighted by Crippen LogP contribution is 2.21. The van der Waals surface area contributed by atoms with Crippen LogP contribution in [-0.2, 0) is 9.53 Å². The number of hydrogen-bond donors (Lipinski definition) is 3. The number of benzene rings is 1. The number of anilines is 1. The number of carbonyl (C=O) groups is 2. The average Bonchev–Trinajstić information content (AvgIpc) is 2.28. The van der Waals surface area contributed by atoms with Crippen molar-refractivity contribution in [2.75, 3.05) is 19.0 Å². The van der Waals surface area contributed by atoms with Gasteiger partial charge in [-0.05, 0) is 18.2 Å². The van der Waals surface area contributed by atoms with Crippen molar-refractivity contribution in [2.24, 2.45) is 5.73 Å². The zero-order valence-corrected chi connectivity index (χ0v) is 10.4. The summed E-state index contributed by atoms with van der Waals surface area (Å²) >= 11 is 5.76. The van der Waals surface area contributed by atoms with Crippen LogP contribution in [0.15, 0.2) is 18.2 Å². The van der Waals surface area contributed by atoms with E-state index in [1.165, 1.54) is 25.3 Å². The lowest BCUT2D eigenvalue weighted by molar-refractivity contribution is -0.118. The molecule has 0 heterocycles. The molecule has 7 heteroatoms. The quantitative estimate of drug-likeness (QED) is 0.741. The maximum absolute atomic E-state index is 11.6. The molecule has 0 aliphatic rings. The molecule has 18 heavy (non-hydrogen) atoms. The first-order valence-electron chi connectivity index (χ1n) is 5.04. The highest BCUT2D eigenvalue weighted by Gasteiger charge is 2.14. The number of amides is 1. The van der Waals surface area contributed by atoms with E-state index >= 15 is 0 Å². The highest BCUT2D eigenvalue weighted by molar-refractivity contribution is 6.33. The van der Waals surface area contributed by atoms with Crippen LogP contribution in [0.3, 0.4) is 0 Å². The third kappa shape index (κ3) is 3.69. The van der Waals surface area contributed by atoms with Crippen LogP contribution in [-0.4, -0.2) is 36.7 Å². The molecule has 6 nitrogen and oxygen atoms in total. The van der Waals surface area contributed by atoms with E-state index in [1.54, 1.807) is 0 Å². The second-order valence-corrected chi connectivity index (χ2v) is 3.96. The molecule has 1 rings (SSSR count). The maximum Gasteiger partial charge on any atom is 0.337 e. The number of ether oxygens (including phenoxy) is 1. The van der Waals surface area contributed by atoms with Gasteiger partial charge in [0.15, 0.2) is 0 Å². The van der Waals surface area contributed by atoms with Crippen LogP contribution in [0.2, 0.25) is 5.02 Å². The monoisotopic (exact) mass is 272 g/mol. The van der Waals surface area contributed by atoms with Crippen LogP contribution < -0.4 is 11.1 Å². The number of halogens is 1. The van der Waals surface area contributed by atoms with Gasteiger partial charge in [-0.15, -0.1) is 0 Å². The molecule has 98 valence electrons. The summed E-state index contributed by atoms with van der Waals surface area (Å²) in [5, 5.41) is 11.3. The number of rotatable bonds is 5. The minimum absolute atomic E-state index is 0.0316. The third-order valence-electron chi connectivity index (χ3n) is 2.15. The predicted octanol–water partition coefficient (Wildman–Crippen LogP) is 0.950. The normalized spacial score (nSPS) is 11.9. The summed E-state index contributed by atoms with van der Waals surface area (Å²) in [5.41, 5.74) is 5.87. The van der Waals surface area contributed by atoms with Crippen LogP contribution >= 0.6 is 11.6 Å². The summed E-state index contributed by atoms with van der Waals surface area (Å²) in [6, 6.07) is 3.30. The van der Waals surface area contributed by atoms with Crippen molar-refractivity contribution in [3.8, 4) is 0 Å². The molecule has 0 saturated heterocycles. The smallest absolute Gasteiger partial charge is 0.337 e. The van der Waals surface area contributed by atoms with Crippen molar-refractivity contribution in [3.63, 3.8) is 0 Å². The summed E-state index contributed by atoms with van der Waals surface area (Å²) in [6.07, 6.45) is 0. The van der Waals surface area contributed by atoms with Crippen LogP contribution in [0, 0.1) is 0 Å². The van der Waals surface area contributed by atoms with E-state index in [0.717, 1.165) is 0 Å². The Labute approximate surface area is 109 Å². The number of nitrogens with two attached hydrogens (primary N) is 1. The summed E-state index contributed by atoms with van der Waals surface area (Å²) < 4.78 is 4.75. The SMILES string of the molecule is COCC(N)C(=O)Nc1ccc(C(=O)O)c(Cl)c1. The number of methoxy groups -OCH3 is 1. The first-order valence-corrected chi connectivity index (χ1v) is 5.41. The fourth-order valence-corrected chi connectivity index (χ4v) is 1.52. The van der Waals surface area contributed by atoms with E-state index in [4.69, 9.17) is 27.2 Å². The lowest BCUT2D eigenvalue weighted by Gasteiger charge is -2.11. The van der Waals surface area contributed by atoms with Crippen LogP contribution in [0.25, 0.3) is 0 Å². The molecule has 0 spiro atoms. The van der Waals surface area contributed by atoms with Crippen molar-refractivity contribution >= 4 is 29.2 Å². The number of carboxylic acid groups (broad SMARTS) is 1. The number of hydrogen-bond acceptors (Lipinski definition) is 4. The van der Waals surface area contributed by atoms with E-state index in [-0.39, 0.29) is 17.2 Å². The van der Waals surface area contributed by atoms with Gasteiger partial charge in [-0.25, -0.2) is 4.79 Å². The summed E-state index contributed by atoms with van der Waals surface area (Å²) in [6.45, 7) is 0.0901. The van der Waals surface area contributed by atoms with Crippen molar-refractivity contribution < 1.29 is 19.4 Å². The Bertz CT molecular complexity index is 464. The zero-order chi connectivity index (χ0) is 13.7. The topological polar surface area (TPSA) is 102 Å². The number of nitrogens with one attached hydrogen (secondary N) is 1. The molecular weight excluding hydrogens is 260 g/mol. The van der Waals surface area contributed by atoms with E-state index in [0.29, 0.717) is 5.69 Å². The number of aromatic carboxylic acids is 1. The highest BCUT2D eigenvalue weighted by atomic mass is 35.5. The molecule has 0 aromatic heterocycles. The maximum atomic E-state index is 11.6. The Morgan fingerprint density at radius 2 is 2.22 bits per heavy atom. The van der Waals surface area contributed by atoms with Crippen molar-refractivity contribution in [3.05, 3.63) is 28.8 Å².